The number of carbonyl (C=O) groups excluding carboxylic acids is 1. The Labute approximate surface area is 171 Å². The average molecular weight is 417 g/mol. The van der Waals surface area contributed by atoms with E-state index in [4.69, 9.17) is 14.2 Å². The molecule has 0 saturated carbocycles. The van der Waals surface area contributed by atoms with Gasteiger partial charge in [-0.15, -0.1) is 11.8 Å². The third kappa shape index (κ3) is 3.32. The van der Waals surface area contributed by atoms with Crippen LogP contribution in [0.5, 0.6) is 11.5 Å². The van der Waals surface area contributed by atoms with Gasteiger partial charge in [0.2, 0.25) is 12.7 Å². The standard InChI is InChI=1S/C20H23N3O5S/c1-20(2)8-12(5-6-28-20)23-18-16(19(25)22-23)17(29-9-15(24)21-18)11-3-4-13-14(7-11)27-10-26-13/h3-4,7,12,17H,5-6,8-10H2,1-2H3,(H,21,24)(H,22,25)/t12-,17+/m1/s1. The van der Waals surface area contributed by atoms with E-state index in [0.717, 1.165) is 18.4 Å². The molecule has 0 radical (unpaired) electrons. The number of carbonyl (C=O) groups is 1. The van der Waals surface area contributed by atoms with Crippen molar-refractivity contribution in [1.29, 1.82) is 0 Å². The van der Waals surface area contributed by atoms with Gasteiger partial charge in [-0.3, -0.25) is 19.4 Å². The number of hydrogen-bond donors (Lipinski definition) is 2. The van der Waals surface area contributed by atoms with E-state index in [9.17, 15) is 9.59 Å². The summed E-state index contributed by atoms with van der Waals surface area (Å²) >= 11 is 1.44. The number of nitrogens with one attached hydrogen (secondary N) is 2. The molecule has 8 nitrogen and oxygen atoms in total. The molecule has 4 heterocycles. The van der Waals surface area contributed by atoms with E-state index in [-0.39, 0.29) is 40.9 Å². The maximum Gasteiger partial charge on any atom is 0.270 e. The summed E-state index contributed by atoms with van der Waals surface area (Å²) in [5.74, 6) is 2.08. The maximum absolute atomic E-state index is 13.0. The van der Waals surface area contributed by atoms with Gasteiger partial charge in [-0.2, -0.15) is 0 Å². The van der Waals surface area contributed by atoms with Crippen molar-refractivity contribution >= 4 is 23.5 Å². The minimum absolute atomic E-state index is 0.0519. The van der Waals surface area contributed by atoms with Crippen LogP contribution in [0.4, 0.5) is 5.82 Å². The molecule has 9 heteroatoms. The number of amides is 1. The molecule has 3 aliphatic heterocycles. The molecule has 2 N–H and O–H groups in total. The number of aromatic nitrogens is 2. The Morgan fingerprint density at radius 3 is 2.86 bits per heavy atom. The molecular formula is C20H23N3O5S. The van der Waals surface area contributed by atoms with Gasteiger partial charge in [-0.25, -0.2) is 0 Å². The molecule has 2 atom stereocenters. The Kier molecular flexibility index (Phi) is 4.40. The highest BCUT2D eigenvalue weighted by Gasteiger charge is 2.36. The van der Waals surface area contributed by atoms with Crippen LogP contribution >= 0.6 is 11.8 Å². The van der Waals surface area contributed by atoms with Gasteiger partial charge >= 0.3 is 0 Å². The van der Waals surface area contributed by atoms with E-state index in [1.165, 1.54) is 11.8 Å². The Hall–Kier alpha value is -2.39. The molecule has 1 saturated heterocycles. The predicted molar refractivity (Wildman–Crippen MR) is 109 cm³/mol. The molecular weight excluding hydrogens is 394 g/mol. The summed E-state index contributed by atoms with van der Waals surface area (Å²) in [4.78, 5) is 25.5. The van der Waals surface area contributed by atoms with E-state index < -0.39 is 0 Å². The lowest BCUT2D eigenvalue weighted by atomic mass is 9.94. The number of H-pyrrole nitrogens is 1. The molecule has 154 valence electrons. The van der Waals surface area contributed by atoms with Gasteiger partial charge in [0.1, 0.15) is 5.82 Å². The molecule has 2 aromatic rings. The van der Waals surface area contributed by atoms with Crippen molar-refractivity contribution in [2.24, 2.45) is 0 Å². The number of fused-ring (bicyclic) bond motifs is 2. The van der Waals surface area contributed by atoms with Gasteiger partial charge in [0.25, 0.3) is 5.56 Å². The van der Waals surface area contributed by atoms with E-state index in [0.29, 0.717) is 29.5 Å². The highest BCUT2D eigenvalue weighted by molar-refractivity contribution is 8.00. The smallest absolute Gasteiger partial charge is 0.270 e. The quantitative estimate of drug-likeness (QED) is 0.780. The topological polar surface area (TPSA) is 94.6 Å². The van der Waals surface area contributed by atoms with Crippen molar-refractivity contribution in [3.63, 3.8) is 0 Å². The van der Waals surface area contributed by atoms with E-state index in [1.54, 1.807) is 0 Å². The highest BCUT2D eigenvalue weighted by atomic mass is 32.2. The third-order valence-corrected chi connectivity index (χ3v) is 6.87. The fourth-order valence-electron chi connectivity index (χ4n) is 4.28. The molecule has 0 unspecified atom stereocenters. The summed E-state index contributed by atoms with van der Waals surface area (Å²) in [6.45, 7) is 4.89. The van der Waals surface area contributed by atoms with Crippen molar-refractivity contribution in [3.8, 4) is 11.5 Å². The van der Waals surface area contributed by atoms with Crippen molar-refractivity contribution in [2.75, 3.05) is 24.5 Å². The fraction of sp³-hybridized carbons (Fsp3) is 0.500. The Bertz CT molecular complexity index is 1030. The van der Waals surface area contributed by atoms with Gasteiger partial charge in [0.15, 0.2) is 11.5 Å². The largest absolute Gasteiger partial charge is 0.454 e. The first-order chi connectivity index (χ1) is 13.9. The van der Waals surface area contributed by atoms with Crippen molar-refractivity contribution in [2.45, 2.75) is 43.6 Å². The lowest BCUT2D eigenvalue weighted by Gasteiger charge is -2.36. The molecule has 29 heavy (non-hydrogen) atoms. The Morgan fingerprint density at radius 1 is 1.21 bits per heavy atom. The van der Waals surface area contributed by atoms with Crippen LogP contribution in [0, 0.1) is 0 Å². The number of thioether (sulfide) groups is 1. The SMILES string of the molecule is CC1(C)C[C@H](n2[nH]c(=O)c3c2NC(=O)CS[C@H]3c2ccc3c(c2)OCO3)CCO1. The summed E-state index contributed by atoms with van der Waals surface area (Å²) < 4.78 is 18.6. The first kappa shape index (κ1) is 18.6. The van der Waals surface area contributed by atoms with Crippen LogP contribution in [0.2, 0.25) is 0 Å². The van der Waals surface area contributed by atoms with Crippen molar-refractivity contribution < 1.29 is 19.0 Å². The zero-order valence-electron chi connectivity index (χ0n) is 16.3. The van der Waals surface area contributed by atoms with Crippen LogP contribution in [0.1, 0.15) is 49.1 Å². The van der Waals surface area contributed by atoms with Crippen LogP contribution in [-0.4, -0.2) is 40.4 Å². The molecule has 3 aliphatic rings. The second kappa shape index (κ2) is 6.84. The highest BCUT2D eigenvalue weighted by Crippen LogP contribution is 2.44. The van der Waals surface area contributed by atoms with Gasteiger partial charge in [-0.1, -0.05) is 6.07 Å². The summed E-state index contributed by atoms with van der Waals surface area (Å²) in [6, 6.07) is 5.73. The fourth-order valence-corrected chi connectivity index (χ4v) is 5.39. The van der Waals surface area contributed by atoms with E-state index >= 15 is 0 Å². The number of benzene rings is 1. The minimum atomic E-state index is -0.281. The van der Waals surface area contributed by atoms with Crippen LogP contribution in [-0.2, 0) is 9.53 Å². The maximum atomic E-state index is 13.0. The van der Waals surface area contributed by atoms with Gasteiger partial charge in [0, 0.05) is 6.61 Å². The van der Waals surface area contributed by atoms with Gasteiger partial charge in [0.05, 0.1) is 28.2 Å². The zero-order valence-corrected chi connectivity index (χ0v) is 17.1. The number of nitrogens with zero attached hydrogens (tertiary/aromatic N) is 1. The number of ether oxygens (including phenoxy) is 3. The average Bonchev–Trinajstić information content (AvgIpc) is 3.21. The molecule has 5 rings (SSSR count). The first-order valence-electron chi connectivity index (χ1n) is 9.71. The third-order valence-electron chi connectivity index (χ3n) is 5.60. The van der Waals surface area contributed by atoms with Crippen LogP contribution in [0.15, 0.2) is 23.0 Å². The van der Waals surface area contributed by atoms with Gasteiger partial charge in [-0.05, 0) is 44.4 Å². The van der Waals surface area contributed by atoms with E-state index in [2.05, 4.69) is 10.4 Å². The lowest BCUT2D eigenvalue weighted by molar-refractivity contribution is -0.113. The van der Waals surface area contributed by atoms with Crippen LogP contribution < -0.4 is 20.3 Å². The number of aromatic amines is 1. The molecule has 1 fully saturated rings. The number of anilines is 1. The molecule has 1 aromatic heterocycles. The monoisotopic (exact) mass is 417 g/mol. The molecule has 0 aliphatic carbocycles. The summed E-state index contributed by atoms with van der Waals surface area (Å²) in [5.41, 5.74) is 1.02. The summed E-state index contributed by atoms with van der Waals surface area (Å²) in [7, 11) is 0. The van der Waals surface area contributed by atoms with Gasteiger partial charge < -0.3 is 19.5 Å². The number of hydrogen-bond acceptors (Lipinski definition) is 6. The predicted octanol–water partition coefficient (Wildman–Crippen LogP) is 2.81. The summed E-state index contributed by atoms with van der Waals surface area (Å²) in [5, 5.41) is 5.67. The van der Waals surface area contributed by atoms with Crippen LogP contribution in [0.3, 0.4) is 0 Å². The molecule has 0 spiro atoms. The van der Waals surface area contributed by atoms with Crippen molar-refractivity contribution in [1.82, 2.24) is 9.78 Å². The number of rotatable bonds is 2. The zero-order chi connectivity index (χ0) is 20.2. The molecule has 1 aromatic carbocycles. The summed E-state index contributed by atoms with van der Waals surface area (Å²) in [6.07, 6.45) is 1.53. The van der Waals surface area contributed by atoms with E-state index in [1.807, 2.05) is 36.7 Å². The van der Waals surface area contributed by atoms with Crippen molar-refractivity contribution in [3.05, 3.63) is 39.7 Å². The van der Waals surface area contributed by atoms with Crippen LogP contribution in [0.25, 0.3) is 0 Å². The normalized spacial score (nSPS) is 25.2. The molecule has 1 amide bonds. The lowest BCUT2D eigenvalue weighted by Crippen LogP contribution is -2.36. The minimum Gasteiger partial charge on any atom is -0.454 e. The Morgan fingerprint density at radius 2 is 2.03 bits per heavy atom. The first-order valence-corrected chi connectivity index (χ1v) is 10.8. The second-order valence-electron chi connectivity index (χ2n) is 8.18. The Balaban J connectivity index is 1.59. The second-order valence-corrected chi connectivity index (χ2v) is 9.27. The molecule has 0 bridgehead atoms.